The number of H-pyrrole nitrogens is 1. The van der Waals surface area contributed by atoms with E-state index in [1.165, 1.54) is 0 Å². The first-order chi connectivity index (χ1) is 15.2. The fourth-order valence-electron chi connectivity index (χ4n) is 5.43. The molecule has 0 aliphatic carbocycles. The molecular weight excluding hydrogens is 392 g/mol. The van der Waals surface area contributed by atoms with Crippen LogP contribution >= 0.6 is 0 Å². The average molecular weight is 414 g/mol. The number of aromatic nitrogens is 2. The van der Waals surface area contributed by atoms with Gasteiger partial charge in [0.05, 0.1) is 19.3 Å². The van der Waals surface area contributed by atoms with E-state index in [0.717, 1.165) is 34.5 Å². The molecule has 0 unspecified atom stereocenters. The van der Waals surface area contributed by atoms with Gasteiger partial charge in [-0.3, -0.25) is 14.7 Å². The summed E-state index contributed by atoms with van der Waals surface area (Å²) in [6, 6.07) is 17.2. The van der Waals surface area contributed by atoms with Crippen LogP contribution in [0.25, 0.3) is 0 Å². The fraction of sp³-hybridized carbons (Fsp3) is 0.292. The highest BCUT2D eigenvalue weighted by molar-refractivity contribution is 6.08. The molecular formula is C24H22N4O3. The van der Waals surface area contributed by atoms with Crippen LogP contribution in [0.2, 0.25) is 0 Å². The monoisotopic (exact) mass is 414 g/mol. The lowest BCUT2D eigenvalue weighted by Crippen LogP contribution is -2.43. The molecule has 1 spiro atoms. The maximum atomic E-state index is 13.8. The Hall–Kier alpha value is -3.45. The molecule has 2 N–H and O–H groups in total. The Morgan fingerprint density at radius 1 is 1.13 bits per heavy atom. The highest BCUT2D eigenvalue weighted by Crippen LogP contribution is 2.54. The van der Waals surface area contributed by atoms with Crippen molar-refractivity contribution in [3.8, 4) is 0 Å². The Balaban J connectivity index is 1.49. The lowest BCUT2D eigenvalue weighted by Gasteiger charge is -2.34. The van der Waals surface area contributed by atoms with Gasteiger partial charge in [0, 0.05) is 29.9 Å². The second-order valence-corrected chi connectivity index (χ2v) is 8.36. The molecule has 3 aromatic rings. The van der Waals surface area contributed by atoms with E-state index in [-0.39, 0.29) is 11.8 Å². The number of nitrogens with zero attached hydrogens (tertiary/aromatic N) is 2. The second-order valence-electron chi connectivity index (χ2n) is 8.36. The van der Waals surface area contributed by atoms with E-state index in [0.29, 0.717) is 31.9 Å². The van der Waals surface area contributed by atoms with Crippen molar-refractivity contribution in [3.63, 3.8) is 0 Å². The zero-order chi connectivity index (χ0) is 21.0. The molecule has 3 aliphatic rings. The van der Waals surface area contributed by atoms with Gasteiger partial charge in [-0.25, -0.2) is 0 Å². The molecule has 1 saturated heterocycles. The van der Waals surface area contributed by atoms with Crippen LogP contribution in [0.1, 0.15) is 45.3 Å². The van der Waals surface area contributed by atoms with Crippen LogP contribution in [0.5, 0.6) is 0 Å². The van der Waals surface area contributed by atoms with E-state index < -0.39 is 11.5 Å². The number of rotatable bonds is 2. The minimum Gasteiger partial charge on any atom is -0.376 e. The van der Waals surface area contributed by atoms with Gasteiger partial charge in [-0.1, -0.05) is 48.5 Å². The maximum absolute atomic E-state index is 13.8. The predicted molar refractivity (Wildman–Crippen MR) is 114 cm³/mol. The Morgan fingerprint density at radius 3 is 2.81 bits per heavy atom. The van der Waals surface area contributed by atoms with Gasteiger partial charge >= 0.3 is 0 Å². The summed E-state index contributed by atoms with van der Waals surface area (Å²) in [5, 5.41) is 10.4. The summed E-state index contributed by atoms with van der Waals surface area (Å²) in [6.07, 6.45) is 1.28. The van der Waals surface area contributed by atoms with Crippen molar-refractivity contribution in [2.75, 3.05) is 18.5 Å². The molecule has 1 aromatic heterocycles. The average Bonchev–Trinajstić information content (AvgIpc) is 3.49. The molecule has 4 heterocycles. The number of hydrogen-bond donors (Lipinski definition) is 2. The topological polar surface area (TPSA) is 87.3 Å². The van der Waals surface area contributed by atoms with Crippen LogP contribution in [0.3, 0.4) is 0 Å². The first-order valence-corrected chi connectivity index (χ1v) is 10.6. The number of para-hydroxylation sites is 1. The van der Waals surface area contributed by atoms with Crippen molar-refractivity contribution < 1.29 is 14.3 Å². The van der Waals surface area contributed by atoms with Crippen LogP contribution in [0.4, 0.5) is 5.69 Å². The maximum Gasteiger partial charge on any atom is 0.275 e. The molecule has 6 rings (SSSR count). The number of fused-ring (bicyclic) bond motifs is 3. The Morgan fingerprint density at radius 2 is 1.94 bits per heavy atom. The van der Waals surface area contributed by atoms with E-state index in [1.807, 2.05) is 59.5 Å². The summed E-state index contributed by atoms with van der Waals surface area (Å²) in [6.45, 7) is 1.48. The lowest BCUT2D eigenvalue weighted by molar-refractivity contribution is -0.121. The van der Waals surface area contributed by atoms with E-state index in [4.69, 9.17) is 4.74 Å². The van der Waals surface area contributed by atoms with Gasteiger partial charge in [0.15, 0.2) is 5.69 Å². The summed E-state index contributed by atoms with van der Waals surface area (Å²) in [5.74, 6) is -0.212. The van der Waals surface area contributed by atoms with Gasteiger partial charge in [-0.05, 0) is 23.6 Å². The number of nitrogens with one attached hydrogen (secondary N) is 2. The SMILES string of the molecule is O=C(c1n[nH]c2c1COCC2)N1CC[C@]2(C(=O)Nc3ccccc32)[C@@H]1c1ccccc1. The number of carbonyl (C=O) groups excluding carboxylic acids is 2. The first-order valence-electron chi connectivity index (χ1n) is 10.6. The standard InChI is InChI=1S/C24H22N4O3/c29-22(20-16-14-31-13-10-18(16)26-27-20)28-12-11-24(21(28)15-6-2-1-3-7-15)17-8-4-5-9-19(17)25-23(24)30/h1-9,21H,10-14H2,(H,25,30)(H,26,27)/t21-,24+/m0/s1. The number of anilines is 1. The quantitative estimate of drug-likeness (QED) is 0.675. The predicted octanol–water partition coefficient (Wildman–Crippen LogP) is 2.96. The minimum absolute atomic E-state index is 0.0507. The molecule has 0 saturated carbocycles. The number of benzene rings is 2. The van der Waals surface area contributed by atoms with Gasteiger partial charge in [-0.15, -0.1) is 0 Å². The zero-order valence-electron chi connectivity index (χ0n) is 16.9. The summed E-state index contributed by atoms with van der Waals surface area (Å²) < 4.78 is 5.58. The summed E-state index contributed by atoms with van der Waals surface area (Å²) in [4.78, 5) is 29.0. The van der Waals surface area contributed by atoms with Crippen molar-refractivity contribution in [1.82, 2.24) is 15.1 Å². The largest absolute Gasteiger partial charge is 0.376 e. The third-order valence-electron chi connectivity index (χ3n) is 6.86. The van der Waals surface area contributed by atoms with Crippen molar-refractivity contribution in [2.24, 2.45) is 0 Å². The van der Waals surface area contributed by atoms with Gasteiger partial charge < -0.3 is 15.0 Å². The number of aromatic amines is 1. The van der Waals surface area contributed by atoms with E-state index >= 15 is 0 Å². The molecule has 0 radical (unpaired) electrons. The molecule has 2 atom stereocenters. The number of hydrogen-bond acceptors (Lipinski definition) is 4. The zero-order valence-corrected chi connectivity index (χ0v) is 16.9. The molecule has 3 aliphatic heterocycles. The number of amides is 2. The van der Waals surface area contributed by atoms with Gasteiger partial charge in [0.25, 0.3) is 5.91 Å². The van der Waals surface area contributed by atoms with Crippen LogP contribution in [0, 0.1) is 0 Å². The smallest absolute Gasteiger partial charge is 0.275 e. The summed E-state index contributed by atoms with van der Waals surface area (Å²) in [5.41, 5.74) is 4.11. The van der Waals surface area contributed by atoms with Gasteiger partial charge in [0.1, 0.15) is 5.41 Å². The molecule has 156 valence electrons. The van der Waals surface area contributed by atoms with Crippen LogP contribution < -0.4 is 5.32 Å². The van der Waals surface area contributed by atoms with Crippen molar-refractivity contribution in [1.29, 1.82) is 0 Å². The number of likely N-dealkylation sites (tertiary alicyclic amines) is 1. The summed E-state index contributed by atoms with van der Waals surface area (Å²) >= 11 is 0. The molecule has 2 amide bonds. The Bertz CT molecular complexity index is 1190. The van der Waals surface area contributed by atoms with E-state index in [2.05, 4.69) is 15.5 Å². The molecule has 0 bridgehead atoms. The molecule has 2 aromatic carbocycles. The van der Waals surface area contributed by atoms with Gasteiger partial charge in [-0.2, -0.15) is 5.10 Å². The van der Waals surface area contributed by atoms with Crippen LogP contribution in [0.15, 0.2) is 54.6 Å². The lowest BCUT2D eigenvalue weighted by atomic mass is 9.72. The van der Waals surface area contributed by atoms with E-state index in [9.17, 15) is 9.59 Å². The molecule has 31 heavy (non-hydrogen) atoms. The summed E-state index contributed by atoms with van der Waals surface area (Å²) in [7, 11) is 0. The molecule has 7 heteroatoms. The third-order valence-corrected chi connectivity index (χ3v) is 6.86. The van der Waals surface area contributed by atoms with Crippen molar-refractivity contribution >= 4 is 17.5 Å². The highest BCUT2D eigenvalue weighted by Gasteiger charge is 2.59. The third kappa shape index (κ3) is 2.53. The van der Waals surface area contributed by atoms with Crippen LogP contribution in [-0.2, 0) is 28.0 Å². The second kappa shape index (κ2) is 6.78. The Labute approximate surface area is 179 Å². The van der Waals surface area contributed by atoms with E-state index in [1.54, 1.807) is 0 Å². The highest BCUT2D eigenvalue weighted by atomic mass is 16.5. The van der Waals surface area contributed by atoms with Crippen LogP contribution in [-0.4, -0.2) is 40.1 Å². The minimum atomic E-state index is -0.819. The van der Waals surface area contributed by atoms with Gasteiger partial charge in [0.2, 0.25) is 5.91 Å². The van der Waals surface area contributed by atoms with Crippen molar-refractivity contribution in [2.45, 2.75) is 30.9 Å². The number of carbonyl (C=O) groups is 2. The Kier molecular flexibility index (Phi) is 4.01. The molecule has 1 fully saturated rings. The first kappa shape index (κ1) is 18.3. The normalized spacial score (nSPS) is 24.2. The fourth-order valence-corrected chi connectivity index (χ4v) is 5.43. The van der Waals surface area contributed by atoms with Crippen molar-refractivity contribution in [3.05, 3.63) is 82.7 Å². The molecule has 7 nitrogen and oxygen atoms in total. The number of ether oxygens (including phenoxy) is 1.